The Kier molecular flexibility index (Phi) is 4.21. The van der Waals surface area contributed by atoms with Crippen LogP contribution in [0.3, 0.4) is 0 Å². The molecule has 0 atom stereocenters. The number of nitrogens with zero attached hydrogens (tertiary/aromatic N) is 1. The largest absolute Gasteiger partial charge is 0.497 e. The van der Waals surface area contributed by atoms with Gasteiger partial charge in [0.25, 0.3) is 5.69 Å². The fraction of sp³-hybridized carbons (Fsp3) is 0.0556. The van der Waals surface area contributed by atoms with Crippen molar-refractivity contribution in [2.45, 2.75) is 0 Å². The van der Waals surface area contributed by atoms with E-state index in [0.717, 1.165) is 10.8 Å². The fourth-order valence-electron chi connectivity index (χ4n) is 2.63. The van der Waals surface area contributed by atoms with Crippen LogP contribution in [-0.4, -0.2) is 23.1 Å². The van der Waals surface area contributed by atoms with E-state index in [2.05, 4.69) is 5.32 Å². The number of carboxylic acid groups (broad SMARTS) is 1. The SMILES string of the molecule is COc1ccc2c(Nc3c(C(=O)O)cccc3[N+](=O)[O-])cccc2c1. The van der Waals surface area contributed by atoms with Crippen molar-refractivity contribution in [3.63, 3.8) is 0 Å². The van der Waals surface area contributed by atoms with Crippen LogP contribution in [0.4, 0.5) is 17.1 Å². The predicted molar refractivity (Wildman–Crippen MR) is 93.8 cm³/mol. The summed E-state index contributed by atoms with van der Waals surface area (Å²) in [4.78, 5) is 22.1. The zero-order valence-corrected chi connectivity index (χ0v) is 13.2. The smallest absolute Gasteiger partial charge is 0.338 e. The summed E-state index contributed by atoms with van der Waals surface area (Å²) in [5.41, 5.74) is 0.0467. The first-order chi connectivity index (χ1) is 12.0. The molecule has 0 aliphatic rings. The van der Waals surface area contributed by atoms with Crippen molar-refractivity contribution < 1.29 is 19.6 Å². The Morgan fingerprint density at radius 1 is 1.16 bits per heavy atom. The summed E-state index contributed by atoms with van der Waals surface area (Å²) in [5.74, 6) is -0.560. The molecule has 126 valence electrons. The van der Waals surface area contributed by atoms with Gasteiger partial charge in [-0.05, 0) is 35.7 Å². The minimum absolute atomic E-state index is 0.0525. The summed E-state index contributed by atoms with van der Waals surface area (Å²) in [7, 11) is 1.57. The molecule has 25 heavy (non-hydrogen) atoms. The first-order valence-electron chi connectivity index (χ1n) is 7.35. The van der Waals surface area contributed by atoms with Gasteiger partial charge in [-0.25, -0.2) is 4.79 Å². The lowest BCUT2D eigenvalue weighted by molar-refractivity contribution is -0.383. The lowest BCUT2D eigenvalue weighted by atomic mass is 10.1. The van der Waals surface area contributed by atoms with Crippen LogP contribution >= 0.6 is 0 Å². The van der Waals surface area contributed by atoms with Crippen LogP contribution in [0.2, 0.25) is 0 Å². The molecule has 0 fully saturated rings. The van der Waals surface area contributed by atoms with Crippen LogP contribution in [0.15, 0.2) is 54.6 Å². The van der Waals surface area contributed by atoms with Crippen molar-refractivity contribution in [1.29, 1.82) is 0 Å². The lowest BCUT2D eigenvalue weighted by Gasteiger charge is -2.13. The van der Waals surface area contributed by atoms with Crippen molar-refractivity contribution in [3.05, 3.63) is 70.3 Å². The summed E-state index contributed by atoms with van der Waals surface area (Å²) in [5, 5.41) is 25.2. The van der Waals surface area contributed by atoms with Gasteiger partial charge < -0.3 is 15.2 Å². The number of anilines is 2. The number of rotatable bonds is 5. The molecule has 0 saturated heterocycles. The molecule has 3 rings (SSSR count). The summed E-state index contributed by atoms with van der Waals surface area (Å²) < 4.78 is 5.19. The highest BCUT2D eigenvalue weighted by Crippen LogP contribution is 2.35. The molecule has 7 heteroatoms. The van der Waals surface area contributed by atoms with Crippen molar-refractivity contribution in [2.24, 2.45) is 0 Å². The first kappa shape index (κ1) is 16.3. The molecule has 3 aromatic carbocycles. The molecule has 0 bridgehead atoms. The van der Waals surface area contributed by atoms with Crippen LogP contribution < -0.4 is 10.1 Å². The van der Waals surface area contributed by atoms with E-state index in [-0.39, 0.29) is 16.9 Å². The van der Waals surface area contributed by atoms with Crippen LogP contribution in [0.5, 0.6) is 5.75 Å². The molecule has 3 aromatic rings. The van der Waals surface area contributed by atoms with Gasteiger partial charge in [0.2, 0.25) is 0 Å². The number of hydrogen-bond donors (Lipinski definition) is 2. The summed E-state index contributed by atoms with van der Waals surface area (Å²) in [6, 6.07) is 14.7. The average Bonchev–Trinajstić information content (AvgIpc) is 2.61. The number of nitrogens with one attached hydrogen (secondary N) is 1. The summed E-state index contributed by atoms with van der Waals surface area (Å²) in [6.45, 7) is 0. The number of carbonyl (C=O) groups is 1. The maximum Gasteiger partial charge on any atom is 0.338 e. The zero-order valence-electron chi connectivity index (χ0n) is 13.2. The van der Waals surface area contributed by atoms with E-state index in [1.54, 1.807) is 25.3 Å². The summed E-state index contributed by atoms with van der Waals surface area (Å²) >= 11 is 0. The van der Waals surface area contributed by atoms with Gasteiger partial charge in [-0.3, -0.25) is 10.1 Å². The minimum atomic E-state index is -1.24. The van der Waals surface area contributed by atoms with E-state index >= 15 is 0 Å². The Morgan fingerprint density at radius 2 is 1.92 bits per heavy atom. The topological polar surface area (TPSA) is 102 Å². The molecule has 0 aliphatic heterocycles. The Morgan fingerprint density at radius 3 is 2.60 bits per heavy atom. The van der Waals surface area contributed by atoms with Gasteiger partial charge in [0.15, 0.2) is 0 Å². The van der Waals surface area contributed by atoms with Crippen molar-refractivity contribution in [2.75, 3.05) is 12.4 Å². The van der Waals surface area contributed by atoms with E-state index in [1.807, 2.05) is 18.2 Å². The molecule has 7 nitrogen and oxygen atoms in total. The number of para-hydroxylation sites is 1. The maximum atomic E-state index is 11.5. The van der Waals surface area contributed by atoms with E-state index in [4.69, 9.17) is 4.74 Å². The highest BCUT2D eigenvalue weighted by Gasteiger charge is 2.22. The number of nitro groups is 1. The van der Waals surface area contributed by atoms with Crippen LogP contribution in [0.25, 0.3) is 10.8 Å². The monoisotopic (exact) mass is 338 g/mol. The lowest BCUT2D eigenvalue weighted by Crippen LogP contribution is -2.06. The Hall–Kier alpha value is -3.61. The van der Waals surface area contributed by atoms with E-state index in [9.17, 15) is 20.0 Å². The van der Waals surface area contributed by atoms with Gasteiger partial charge in [0, 0.05) is 17.1 Å². The van der Waals surface area contributed by atoms with Crippen LogP contribution in [0, 0.1) is 10.1 Å². The second-order valence-corrected chi connectivity index (χ2v) is 5.28. The maximum absolute atomic E-state index is 11.5. The molecule has 0 aromatic heterocycles. The second-order valence-electron chi connectivity index (χ2n) is 5.28. The fourth-order valence-corrected chi connectivity index (χ4v) is 2.63. The van der Waals surface area contributed by atoms with E-state index in [0.29, 0.717) is 11.4 Å². The number of hydrogen-bond acceptors (Lipinski definition) is 5. The number of methoxy groups -OCH3 is 1. The standard InChI is InChI=1S/C18H14N2O5/c1-25-12-8-9-13-11(10-12)4-2-6-15(13)19-17-14(18(21)22)5-3-7-16(17)20(23)24/h2-10,19H,1H3,(H,21,22). The normalized spacial score (nSPS) is 10.4. The second kappa shape index (κ2) is 6.48. The number of benzene rings is 3. The Balaban J connectivity index is 2.16. The Labute approximate surface area is 142 Å². The van der Waals surface area contributed by atoms with E-state index in [1.165, 1.54) is 18.2 Å². The van der Waals surface area contributed by atoms with Crippen LogP contribution in [0.1, 0.15) is 10.4 Å². The number of carboxylic acids is 1. The number of fused-ring (bicyclic) bond motifs is 1. The molecule has 0 amide bonds. The van der Waals surface area contributed by atoms with Gasteiger partial charge in [0.05, 0.1) is 17.6 Å². The van der Waals surface area contributed by atoms with Crippen LogP contribution in [-0.2, 0) is 0 Å². The van der Waals surface area contributed by atoms with E-state index < -0.39 is 10.9 Å². The van der Waals surface area contributed by atoms with Gasteiger partial charge in [-0.15, -0.1) is 0 Å². The molecule has 0 saturated carbocycles. The number of nitro benzene ring substituents is 1. The summed E-state index contributed by atoms with van der Waals surface area (Å²) in [6.07, 6.45) is 0. The first-order valence-corrected chi connectivity index (χ1v) is 7.35. The quantitative estimate of drug-likeness (QED) is 0.534. The minimum Gasteiger partial charge on any atom is -0.497 e. The van der Waals surface area contributed by atoms with Gasteiger partial charge >= 0.3 is 5.97 Å². The molecular weight excluding hydrogens is 324 g/mol. The highest BCUT2D eigenvalue weighted by molar-refractivity contribution is 6.02. The van der Waals surface area contributed by atoms with Crippen molar-refractivity contribution >= 4 is 33.8 Å². The zero-order chi connectivity index (χ0) is 18.0. The third-order valence-corrected chi connectivity index (χ3v) is 3.82. The third-order valence-electron chi connectivity index (χ3n) is 3.82. The van der Waals surface area contributed by atoms with Crippen molar-refractivity contribution in [1.82, 2.24) is 0 Å². The molecule has 0 spiro atoms. The van der Waals surface area contributed by atoms with Gasteiger partial charge in [-0.2, -0.15) is 0 Å². The molecule has 0 unspecified atom stereocenters. The van der Waals surface area contributed by atoms with Crippen molar-refractivity contribution in [3.8, 4) is 5.75 Å². The predicted octanol–water partition coefficient (Wildman–Crippen LogP) is 4.20. The van der Waals surface area contributed by atoms with Gasteiger partial charge in [0.1, 0.15) is 11.4 Å². The number of aromatic carboxylic acids is 1. The number of ether oxygens (including phenoxy) is 1. The third kappa shape index (κ3) is 3.07. The molecule has 0 heterocycles. The highest BCUT2D eigenvalue weighted by atomic mass is 16.6. The molecule has 0 aliphatic carbocycles. The molecular formula is C18H14N2O5. The van der Waals surface area contributed by atoms with Gasteiger partial charge in [-0.1, -0.05) is 18.2 Å². The molecule has 2 N–H and O–H groups in total. The average molecular weight is 338 g/mol. The Bertz CT molecular complexity index is 952. The molecule has 0 radical (unpaired) electrons.